The number of carbonyl (C=O) groups excluding carboxylic acids is 1. The minimum absolute atomic E-state index is 0.00744. The van der Waals surface area contributed by atoms with Gasteiger partial charge in [-0.05, 0) is 20.3 Å². The van der Waals surface area contributed by atoms with Crippen LogP contribution in [0, 0.1) is 6.92 Å². The summed E-state index contributed by atoms with van der Waals surface area (Å²) in [4.78, 5) is 16.5. The van der Waals surface area contributed by atoms with Gasteiger partial charge in [-0.25, -0.2) is 4.98 Å². The normalized spacial score (nSPS) is 12.2. The van der Waals surface area contributed by atoms with Crippen molar-refractivity contribution in [3.8, 4) is 11.3 Å². The molecule has 0 aliphatic carbocycles. The monoisotopic (exact) mass is 319 g/mol. The summed E-state index contributed by atoms with van der Waals surface area (Å²) in [5, 5.41) is 2.96. The number of alkyl halides is 1. The molecule has 0 aliphatic rings. The molecule has 0 spiro atoms. The van der Waals surface area contributed by atoms with E-state index < -0.39 is 0 Å². The number of imidazole rings is 1. The Morgan fingerprint density at radius 2 is 2.05 bits per heavy atom. The lowest BCUT2D eigenvalue weighted by Crippen LogP contribution is -2.28. The Labute approximate surface area is 136 Å². The van der Waals surface area contributed by atoms with Crippen LogP contribution in [-0.4, -0.2) is 21.3 Å². The van der Waals surface area contributed by atoms with E-state index in [4.69, 9.17) is 11.6 Å². The molecule has 0 fully saturated rings. The third-order valence-electron chi connectivity index (χ3n) is 3.56. The second-order valence-corrected chi connectivity index (χ2v) is 5.92. The minimum atomic E-state index is -0.132. The third-order valence-corrected chi connectivity index (χ3v) is 3.83. The molecule has 1 amide bonds. The first-order chi connectivity index (χ1) is 10.5. The van der Waals surface area contributed by atoms with Crippen molar-refractivity contribution in [3.05, 3.63) is 41.9 Å². The summed E-state index contributed by atoms with van der Waals surface area (Å²) in [6, 6.07) is 8.13. The zero-order chi connectivity index (χ0) is 16.1. The van der Waals surface area contributed by atoms with E-state index in [0.717, 1.165) is 17.1 Å². The molecule has 1 aromatic heterocycles. The Morgan fingerprint density at radius 3 is 2.68 bits per heavy atom. The van der Waals surface area contributed by atoms with Crippen molar-refractivity contribution in [3.63, 3.8) is 0 Å². The number of nitrogens with one attached hydrogen (secondary N) is 1. The predicted molar refractivity (Wildman–Crippen MR) is 89.9 cm³/mol. The number of nitrogens with zero attached hydrogens (tertiary/aromatic N) is 2. The molecule has 2 rings (SSSR count). The molecular formula is C17H22ClN3O. The highest BCUT2D eigenvalue weighted by Gasteiger charge is 2.15. The van der Waals surface area contributed by atoms with Gasteiger partial charge in [0, 0.05) is 31.1 Å². The van der Waals surface area contributed by atoms with Crippen molar-refractivity contribution in [1.82, 2.24) is 14.9 Å². The van der Waals surface area contributed by atoms with E-state index in [1.54, 1.807) is 0 Å². The summed E-state index contributed by atoms with van der Waals surface area (Å²) in [5.41, 5.74) is 3.22. The molecule has 1 N–H and O–H groups in total. The molecule has 1 heterocycles. The first kappa shape index (κ1) is 16.6. The van der Waals surface area contributed by atoms with Crippen LogP contribution in [0.1, 0.15) is 37.2 Å². The number of rotatable bonds is 6. The van der Waals surface area contributed by atoms with E-state index in [2.05, 4.69) is 41.5 Å². The molecule has 1 unspecified atom stereocenters. The van der Waals surface area contributed by atoms with Crippen LogP contribution < -0.4 is 5.32 Å². The molecule has 4 nitrogen and oxygen atoms in total. The average Bonchev–Trinajstić information content (AvgIpc) is 2.88. The van der Waals surface area contributed by atoms with Crippen LogP contribution in [0.2, 0.25) is 0 Å². The number of amides is 1. The third kappa shape index (κ3) is 4.10. The van der Waals surface area contributed by atoms with Gasteiger partial charge in [-0.15, -0.1) is 11.6 Å². The maximum atomic E-state index is 11.8. The molecule has 5 heteroatoms. The van der Waals surface area contributed by atoms with Crippen molar-refractivity contribution in [1.29, 1.82) is 0 Å². The van der Waals surface area contributed by atoms with Gasteiger partial charge in [-0.1, -0.05) is 29.8 Å². The maximum absolute atomic E-state index is 11.8. The number of aromatic nitrogens is 2. The molecule has 0 saturated heterocycles. The Balaban J connectivity index is 2.12. The van der Waals surface area contributed by atoms with Crippen LogP contribution in [0.3, 0.4) is 0 Å². The smallest absolute Gasteiger partial charge is 0.220 e. The summed E-state index contributed by atoms with van der Waals surface area (Å²) in [7, 11) is 1.95. The lowest BCUT2D eigenvalue weighted by molar-refractivity contribution is -0.121. The van der Waals surface area contributed by atoms with Crippen LogP contribution in [0.15, 0.2) is 30.5 Å². The highest BCUT2D eigenvalue weighted by molar-refractivity contribution is 6.17. The Bertz CT molecular complexity index is 634. The predicted octanol–water partition coefficient (Wildman–Crippen LogP) is 3.59. The first-order valence-electron chi connectivity index (χ1n) is 7.47. The van der Waals surface area contributed by atoms with Gasteiger partial charge in [0.1, 0.15) is 5.82 Å². The lowest BCUT2D eigenvalue weighted by atomic mass is 10.1. The van der Waals surface area contributed by atoms with Crippen LogP contribution >= 0.6 is 11.6 Å². The topological polar surface area (TPSA) is 46.9 Å². The Kier molecular flexibility index (Phi) is 5.61. The summed E-state index contributed by atoms with van der Waals surface area (Å²) in [5.74, 6) is 1.35. The molecule has 118 valence electrons. The van der Waals surface area contributed by atoms with E-state index >= 15 is 0 Å². The van der Waals surface area contributed by atoms with Crippen molar-refractivity contribution < 1.29 is 4.79 Å². The van der Waals surface area contributed by atoms with E-state index in [1.165, 1.54) is 5.56 Å². The summed E-state index contributed by atoms with van der Waals surface area (Å²) in [6.45, 7) is 4.01. The fourth-order valence-corrected chi connectivity index (χ4v) is 2.49. The SMILES string of the molecule is Cc1ccc(-c2cn(C)c(C(C)NC(=O)CCCCl)n2)cc1. The zero-order valence-corrected chi connectivity index (χ0v) is 14.0. The minimum Gasteiger partial charge on any atom is -0.346 e. The number of aryl methyl sites for hydroxylation is 2. The Morgan fingerprint density at radius 1 is 1.36 bits per heavy atom. The van der Waals surface area contributed by atoms with Crippen LogP contribution in [0.4, 0.5) is 0 Å². The highest BCUT2D eigenvalue weighted by Crippen LogP contribution is 2.21. The van der Waals surface area contributed by atoms with E-state index in [-0.39, 0.29) is 11.9 Å². The summed E-state index contributed by atoms with van der Waals surface area (Å²) >= 11 is 5.61. The Hall–Kier alpha value is -1.81. The van der Waals surface area contributed by atoms with Gasteiger partial charge in [0.05, 0.1) is 11.7 Å². The summed E-state index contributed by atoms with van der Waals surface area (Å²) in [6.07, 6.45) is 3.12. The molecule has 0 aliphatic heterocycles. The molecule has 1 atom stereocenters. The fraction of sp³-hybridized carbons (Fsp3) is 0.412. The number of halogens is 1. The molecule has 0 saturated carbocycles. The van der Waals surface area contributed by atoms with E-state index in [1.807, 2.05) is 24.7 Å². The second-order valence-electron chi connectivity index (χ2n) is 5.54. The quantitative estimate of drug-likeness (QED) is 0.827. The average molecular weight is 320 g/mol. The molecule has 1 aromatic carbocycles. The summed E-state index contributed by atoms with van der Waals surface area (Å²) < 4.78 is 1.96. The van der Waals surface area contributed by atoms with E-state index in [9.17, 15) is 4.79 Å². The number of benzene rings is 1. The van der Waals surface area contributed by atoms with Crippen molar-refractivity contribution >= 4 is 17.5 Å². The van der Waals surface area contributed by atoms with Gasteiger partial charge in [0.15, 0.2) is 0 Å². The lowest BCUT2D eigenvalue weighted by Gasteiger charge is -2.13. The van der Waals surface area contributed by atoms with Gasteiger partial charge in [0.2, 0.25) is 5.91 Å². The molecule has 22 heavy (non-hydrogen) atoms. The molecular weight excluding hydrogens is 298 g/mol. The van der Waals surface area contributed by atoms with Gasteiger partial charge in [-0.2, -0.15) is 0 Å². The van der Waals surface area contributed by atoms with Crippen molar-refractivity contribution in [2.75, 3.05) is 5.88 Å². The maximum Gasteiger partial charge on any atom is 0.220 e. The van der Waals surface area contributed by atoms with Crippen molar-refractivity contribution in [2.45, 2.75) is 32.7 Å². The highest BCUT2D eigenvalue weighted by atomic mass is 35.5. The molecule has 0 radical (unpaired) electrons. The largest absolute Gasteiger partial charge is 0.346 e. The second kappa shape index (κ2) is 7.45. The van der Waals surface area contributed by atoms with Crippen LogP contribution in [0.25, 0.3) is 11.3 Å². The number of hydrogen-bond acceptors (Lipinski definition) is 2. The zero-order valence-electron chi connectivity index (χ0n) is 13.3. The fourth-order valence-electron chi connectivity index (χ4n) is 2.35. The van der Waals surface area contributed by atoms with Gasteiger partial charge in [0.25, 0.3) is 0 Å². The standard InChI is InChI=1S/C17H22ClN3O/c1-12-6-8-14(9-7-12)15-11-21(3)17(20-15)13(2)19-16(22)5-4-10-18/h6-9,11,13H,4-5,10H2,1-3H3,(H,19,22). The first-order valence-corrected chi connectivity index (χ1v) is 8.00. The van der Waals surface area contributed by atoms with Crippen molar-refractivity contribution in [2.24, 2.45) is 7.05 Å². The van der Waals surface area contributed by atoms with Crippen LogP contribution in [0.5, 0.6) is 0 Å². The van der Waals surface area contributed by atoms with E-state index in [0.29, 0.717) is 18.7 Å². The van der Waals surface area contributed by atoms with Gasteiger partial charge < -0.3 is 9.88 Å². The van der Waals surface area contributed by atoms with Gasteiger partial charge >= 0.3 is 0 Å². The molecule has 2 aromatic rings. The molecule has 0 bridgehead atoms. The number of hydrogen-bond donors (Lipinski definition) is 1. The van der Waals surface area contributed by atoms with Gasteiger partial charge in [-0.3, -0.25) is 4.79 Å². The van der Waals surface area contributed by atoms with Crippen LogP contribution in [-0.2, 0) is 11.8 Å². The number of carbonyl (C=O) groups is 1.